The van der Waals surface area contributed by atoms with Crippen LogP contribution in [0.25, 0.3) is 0 Å². The minimum atomic E-state index is 0.207. The van der Waals surface area contributed by atoms with Gasteiger partial charge >= 0.3 is 0 Å². The summed E-state index contributed by atoms with van der Waals surface area (Å²) in [5.41, 5.74) is 0. The van der Waals surface area contributed by atoms with Crippen molar-refractivity contribution in [1.29, 1.82) is 0 Å². The Kier molecular flexibility index (Phi) is 4.59. The third-order valence-electron chi connectivity index (χ3n) is 3.19. The zero-order valence-corrected chi connectivity index (χ0v) is 10.8. The quantitative estimate of drug-likeness (QED) is 0.820. The number of hydrogen-bond acceptors (Lipinski definition) is 3. The molecule has 18 heavy (non-hydrogen) atoms. The first-order chi connectivity index (χ1) is 8.75. The van der Waals surface area contributed by atoms with Crippen LogP contribution >= 0.6 is 0 Å². The van der Waals surface area contributed by atoms with E-state index in [0.717, 1.165) is 18.8 Å². The summed E-state index contributed by atoms with van der Waals surface area (Å²) >= 11 is 0. The lowest BCUT2D eigenvalue weighted by atomic mass is 9.99. The van der Waals surface area contributed by atoms with Crippen molar-refractivity contribution in [3.63, 3.8) is 0 Å². The molecule has 98 valence electrons. The number of ether oxygens (including phenoxy) is 1. The third kappa shape index (κ3) is 3.74. The number of para-hydroxylation sites is 1. The van der Waals surface area contributed by atoms with E-state index < -0.39 is 0 Å². The van der Waals surface area contributed by atoms with Crippen molar-refractivity contribution in [2.24, 2.45) is 5.92 Å². The van der Waals surface area contributed by atoms with Crippen LogP contribution in [-0.2, 0) is 4.79 Å². The number of rotatable bonds is 6. The summed E-state index contributed by atoms with van der Waals surface area (Å²) in [5, 5.41) is 3.17. The van der Waals surface area contributed by atoms with E-state index in [1.165, 1.54) is 0 Å². The lowest BCUT2D eigenvalue weighted by molar-refractivity contribution is -0.131. The highest BCUT2D eigenvalue weighted by atomic mass is 16.5. The van der Waals surface area contributed by atoms with E-state index in [-0.39, 0.29) is 5.91 Å². The van der Waals surface area contributed by atoms with Gasteiger partial charge in [0.1, 0.15) is 12.4 Å². The third-order valence-corrected chi connectivity index (χ3v) is 3.19. The molecule has 4 nitrogen and oxygen atoms in total. The van der Waals surface area contributed by atoms with Crippen molar-refractivity contribution in [3.8, 4) is 5.75 Å². The minimum Gasteiger partial charge on any atom is -0.492 e. The number of amides is 1. The molecule has 0 aromatic heterocycles. The Morgan fingerprint density at radius 2 is 2.11 bits per heavy atom. The summed E-state index contributed by atoms with van der Waals surface area (Å²) in [6.45, 7) is 3.11. The normalized spacial score (nSPS) is 14.9. The number of benzene rings is 1. The van der Waals surface area contributed by atoms with Gasteiger partial charge in [-0.15, -0.1) is 0 Å². The second kappa shape index (κ2) is 6.40. The predicted molar refractivity (Wildman–Crippen MR) is 70.6 cm³/mol. The van der Waals surface area contributed by atoms with Gasteiger partial charge in [-0.3, -0.25) is 4.79 Å². The summed E-state index contributed by atoms with van der Waals surface area (Å²) < 4.78 is 5.57. The summed E-state index contributed by atoms with van der Waals surface area (Å²) in [4.78, 5) is 13.6. The second-order valence-electron chi connectivity index (χ2n) is 4.71. The Balaban J connectivity index is 1.64. The van der Waals surface area contributed by atoms with Gasteiger partial charge in [-0.25, -0.2) is 0 Å². The molecule has 1 aromatic carbocycles. The predicted octanol–water partition coefficient (Wildman–Crippen LogP) is 1.13. The largest absolute Gasteiger partial charge is 0.492 e. The fraction of sp³-hybridized carbons (Fsp3) is 0.500. The van der Waals surface area contributed by atoms with E-state index in [1.54, 1.807) is 4.90 Å². The van der Waals surface area contributed by atoms with E-state index in [2.05, 4.69) is 5.32 Å². The van der Waals surface area contributed by atoms with Crippen molar-refractivity contribution in [3.05, 3.63) is 30.3 Å². The van der Waals surface area contributed by atoms with Gasteiger partial charge in [0.25, 0.3) is 0 Å². The maximum Gasteiger partial charge on any atom is 0.222 e. The van der Waals surface area contributed by atoms with Crippen molar-refractivity contribution in [1.82, 2.24) is 10.2 Å². The molecule has 0 bridgehead atoms. The van der Waals surface area contributed by atoms with E-state index in [9.17, 15) is 4.79 Å². The van der Waals surface area contributed by atoms with Crippen LogP contribution in [0.1, 0.15) is 6.42 Å². The number of carbonyl (C=O) groups excluding carboxylic acids is 1. The highest BCUT2D eigenvalue weighted by Crippen LogP contribution is 2.10. The van der Waals surface area contributed by atoms with Gasteiger partial charge in [-0.05, 0) is 31.1 Å². The Morgan fingerprint density at radius 3 is 2.72 bits per heavy atom. The molecule has 0 aliphatic carbocycles. The number of carbonyl (C=O) groups is 1. The van der Waals surface area contributed by atoms with E-state index in [4.69, 9.17) is 4.74 Å². The van der Waals surface area contributed by atoms with E-state index in [1.807, 2.05) is 37.4 Å². The summed E-state index contributed by atoms with van der Waals surface area (Å²) in [7, 11) is 1.84. The molecule has 1 aromatic rings. The standard InChI is InChI=1S/C14H20N2O2/c1-16(14(17)9-12-10-15-11-12)7-8-18-13-5-3-2-4-6-13/h2-6,12,15H,7-11H2,1H3. The van der Waals surface area contributed by atoms with Gasteiger partial charge < -0.3 is 15.0 Å². The maximum absolute atomic E-state index is 11.8. The molecule has 0 saturated carbocycles. The monoisotopic (exact) mass is 248 g/mol. The smallest absolute Gasteiger partial charge is 0.222 e. The highest BCUT2D eigenvalue weighted by molar-refractivity contribution is 5.76. The van der Waals surface area contributed by atoms with E-state index >= 15 is 0 Å². The fourth-order valence-electron chi connectivity index (χ4n) is 1.84. The molecule has 4 heteroatoms. The fourth-order valence-corrected chi connectivity index (χ4v) is 1.84. The summed E-state index contributed by atoms with van der Waals surface area (Å²) in [5.74, 6) is 1.58. The molecular weight excluding hydrogens is 228 g/mol. The Bertz CT molecular complexity index is 377. The Labute approximate surface area is 108 Å². The molecule has 1 aliphatic heterocycles. The summed E-state index contributed by atoms with van der Waals surface area (Å²) in [6, 6.07) is 9.67. The molecule has 0 unspecified atom stereocenters. The molecule has 0 radical (unpaired) electrons. The first-order valence-electron chi connectivity index (χ1n) is 6.38. The summed E-state index contributed by atoms with van der Waals surface area (Å²) in [6.07, 6.45) is 0.648. The molecule has 0 spiro atoms. The Morgan fingerprint density at radius 1 is 1.39 bits per heavy atom. The molecule has 2 rings (SSSR count). The van der Waals surface area contributed by atoms with Crippen molar-refractivity contribution >= 4 is 5.91 Å². The van der Waals surface area contributed by atoms with Crippen molar-refractivity contribution in [2.45, 2.75) is 6.42 Å². The molecule has 1 saturated heterocycles. The maximum atomic E-state index is 11.8. The first kappa shape index (κ1) is 12.9. The topological polar surface area (TPSA) is 41.6 Å². The highest BCUT2D eigenvalue weighted by Gasteiger charge is 2.21. The molecule has 0 atom stereocenters. The van der Waals surface area contributed by atoms with Gasteiger partial charge in [0.15, 0.2) is 0 Å². The first-order valence-corrected chi connectivity index (χ1v) is 6.38. The van der Waals surface area contributed by atoms with Gasteiger partial charge in [0.2, 0.25) is 5.91 Å². The van der Waals surface area contributed by atoms with Gasteiger partial charge in [0, 0.05) is 13.5 Å². The van der Waals surface area contributed by atoms with Gasteiger partial charge in [0.05, 0.1) is 6.54 Å². The van der Waals surface area contributed by atoms with Crippen LogP contribution in [0.4, 0.5) is 0 Å². The molecular formula is C14H20N2O2. The van der Waals surface area contributed by atoms with Crippen LogP contribution in [-0.4, -0.2) is 44.1 Å². The van der Waals surface area contributed by atoms with Crippen LogP contribution in [0.15, 0.2) is 30.3 Å². The van der Waals surface area contributed by atoms with Crippen LogP contribution in [0.5, 0.6) is 5.75 Å². The second-order valence-corrected chi connectivity index (χ2v) is 4.71. The van der Waals surface area contributed by atoms with Crippen LogP contribution in [0.2, 0.25) is 0 Å². The number of nitrogens with one attached hydrogen (secondary N) is 1. The number of nitrogens with zero attached hydrogens (tertiary/aromatic N) is 1. The SMILES string of the molecule is CN(CCOc1ccccc1)C(=O)CC1CNC1. The molecule has 1 amide bonds. The zero-order chi connectivity index (χ0) is 12.8. The molecule has 1 fully saturated rings. The van der Waals surface area contributed by atoms with Crippen molar-refractivity contribution < 1.29 is 9.53 Å². The van der Waals surface area contributed by atoms with Crippen LogP contribution < -0.4 is 10.1 Å². The average molecular weight is 248 g/mol. The lowest BCUT2D eigenvalue weighted by Gasteiger charge is -2.28. The van der Waals surface area contributed by atoms with Crippen LogP contribution in [0.3, 0.4) is 0 Å². The van der Waals surface area contributed by atoms with Crippen LogP contribution in [0, 0.1) is 5.92 Å². The minimum absolute atomic E-state index is 0.207. The molecule has 1 heterocycles. The van der Waals surface area contributed by atoms with Crippen molar-refractivity contribution in [2.75, 3.05) is 33.3 Å². The number of likely N-dealkylation sites (N-methyl/N-ethyl adjacent to an activating group) is 1. The van der Waals surface area contributed by atoms with Gasteiger partial charge in [-0.1, -0.05) is 18.2 Å². The lowest BCUT2D eigenvalue weighted by Crippen LogP contribution is -2.45. The Hall–Kier alpha value is -1.55. The molecule has 1 N–H and O–H groups in total. The average Bonchev–Trinajstić information content (AvgIpc) is 2.34. The molecule has 1 aliphatic rings. The zero-order valence-electron chi connectivity index (χ0n) is 10.8. The number of hydrogen-bond donors (Lipinski definition) is 1. The van der Waals surface area contributed by atoms with E-state index in [0.29, 0.717) is 25.5 Å². The van der Waals surface area contributed by atoms with Gasteiger partial charge in [-0.2, -0.15) is 0 Å².